The average molecular weight is 142 g/mol. The number of allylic oxidation sites excluding steroid dienone is 2. The molecule has 0 heterocycles. The molecule has 0 N–H and O–H groups in total. The minimum atomic E-state index is -0.303. The lowest BCUT2D eigenvalue weighted by Gasteiger charge is -1.84. The minimum absolute atomic E-state index is 0.303. The molecule has 0 radical (unpaired) electrons. The van der Waals surface area contributed by atoms with Crippen molar-refractivity contribution in [3.05, 3.63) is 24.8 Å². The molecule has 0 aliphatic carbocycles. The number of carbonyl (C=O) groups is 1. The molecule has 2 nitrogen and oxygen atoms in total. The summed E-state index contributed by atoms with van der Waals surface area (Å²) >= 11 is 0. The summed E-state index contributed by atoms with van der Waals surface area (Å²) in [6, 6.07) is 0. The van der Waals surface area contributed by atoms with Crippen molar-refractivity contribution >= 4 is 5.97 Å². The van der Waals surface area contributed by atoms with Crippen molar-refractivity contribution in [1.29, 1.82) is 0 Å². The maximum absolute atomic E-state index is 10.1. The van der Waals surface area contributed by atoms with Gasteiger partial charge in [0.1, 0.15) is 0 Å². The number of ether oxygens (including phenoxy) is 1. The Bertz CT molecular complexity index is 114. The molecule has 0 aromatic heterocycles. The van der Waals surface area contributed by atoms with Crippen molar-refractivity contribution in [2.45, 2.75) is 13.8 Å². The lowest BCUT2D eigenvalue weighted by molar-refractivity contribution is -0.134. The molecule has 0 aliphatic heterocycles. The van der Waals surface area contributed by atoms with Gasteiger partial charge in [0.15, 0.2) is 0 Å². The lowest BCUT2D eigenvalue weighted by Crippen LogP contribution is -1.92. The van der Waals surface area contributed by atoms with Crippen molar-refractivity contribution in [2.24, 2.45) is 0 Å². The summed E-state index contributed by atoms with van der Waals surface area (Å²) < 4.78 is 4.26. The van der Waals surface area contributed by atoms with Crippen molar-refractivity contribution in [2.75, 3.05) is 7.11 Å². The number of hydrogen-bond acceptors (Lipinski definition) is 2. The molecule has 0 fully saturated rings. The molecule has 0 saturated heterocycles. The van der Waals surface area contributed by atoms with Crippen LogP contribution in [0.5, 0.6) is 0 Å². The Morgan fingerprint density at radius 2 is 1.90 bits per heavy atom. The van der Waals surface area contributed by atoms with Crippen molar-refractivity contribution in [3.63, 3.8) is 0 Å². The van der Waals surface area contributed by atoms with Gasteiger partial charge in [0, 0.05) is 6.08 Å². The van der Waals surface area contributed by atoms with Crippen molar-refractivity contribution < 1.29 is 9.53 Å². The highest BCUT2D eigenvalue weighted by atomic mass is 16.5. The molecule has 2 heteroatoms. The molecule has 0 rings (SSSR count). The number of hydrogen-bond donors (Lipinski definition) is 0. The Morgan fingerprint density at radius 3 is 2.00 bits per heavy atom. The first-order chi connectivity index (χ1) is 4.72. The second-order valence-electron chi connectivity index (χ2n) is 1.43. The first-order valence-electron chi connectivity index (χ1n) is 3.00. The van der Waals surface area contributed by atoms with Crippen molar-refractivity contribution in [1.82, 2.24) is 0 Å². The van der Waals surface area contributed by atoms with E-state index in [9.17, 15) is 4.79 Å². The molecule has 0 aromatic rings. The summed E-state index contributed by atoms with van der Waals surface area (Å²) in [5.41, 5.74) is 0. The van der Waals surface area contributed by atoms with Crippen LogP contribution in [-0.4, -0.2) is 13.1 Å². The molecule has 0 atom stereocenters. The molecule has 58 valence electrons. The Kier molecular flexibility index (Phi) is 12.7. The van der Waals surface area contributed by atoms with Crippen LogP contribution in [0, 0.1) is 0 Å². The summed E-state index contributed by atoms with van der Waals surface area (Å²) in [5, 5.41) is 0. The van der Waals surface area contributed by atoms with Gasteiger partial charge in [0.05, 0.1) is 7.11 Å². The lowest BCUT2D eigenvalue weighted by atomic mass is 10.5. The van der Waals surface area contributed by atoms with Crippen LogP contribution in [0.2, 0.25) is 0 Å². The van der Waals surface area contributed by atoms with Gasteiger partial charge in [-0.2, -0.15) is 0 Å². The fourth-order valence-corrected chi connectivity index (χ4v) is 0.204. The Morgan fingerprint density at radius 1 is 1.50 bits per heavy atom. The van der Waals surface area contributed by atoms with E-state index < -0.39 is 0 Å². The summed E-state index contributed by atoms with van der Waals surface area (Å²) in [4.78, 5) is 10.1. The van der Waals surface area contributed by atoms with Crippen LogP contribution in [0.3, 0.4) is 0 Å². The second kappa shape index (κ2) is 10.8. The first-order valence-corrected chi connectivity index (χ1v) is 3.00. The minimum Gasteiger partial charge on any atom is -0.466 e. The molecule has 0 spiro atoms. The fourth-order valence-electron chi connectivity index (χ4n) is 0.204. The van der Waals surface area contributed by atoms with E-state index in [1.807, 2.05) is 6.92 Å². The van der Waals surface area contributed by atoms with Gasteiger partial charge in [-0.3, -0.25) is 0 Å². The molecule has 0 aromatic carbocycles. The summed E-state index contributed by atoms with van der Waals surface area (Å²) in [5.74, 6) is -0.303. The standard InChI is InChI=1S/C5H8O2.C3H6/c1-3-4-5(6)7-2;1-3-2/h3-4H,1-2H3;3H,1H2,2H3. The van der Waals surface area contributed by atoms with Crippen LogP contribution in [0.15, 0.2) is 24.8 Å². The Labute approximate surface area is 62.2 Å². The SMILES string of the molecule is C=CC.CC=CC(=O)OC. The van der Waals surface area contributed by atoms with E-state index in [1.54, 1.807) is 19.1 Å². The predicted octanol–water partition coefficient (Wildman–Crippen LogP) is 1.93. The normalized spacial score (nSPS) is 7.90. The van der Waals surface area contributed by atoms with Gasteiger partial charge >= 0.3 is 5.97 Å². The fraction of sp³-hybridized carbons (Fsp3) is 0.375. The zero-order valence-electron chi connectivity index (χ0n) is 6.76. The smallest absolute Gasteiger partial charge is 0.330 e. The van der Waals surface area contributed by atoms with E-state index >= 15 is 0 Å². The molecule has 10 heavy (non-hydrogen) atoms. The predicted molar refractivity (Wildman–Crippen MR) is 42.7 cm³/mol. The molecule has 0 unspecified atom stereocenters. The highest BCUT2D eigenvalue weighted by Gasteiger charge is 1.84. The van der Waals surface area contributed by atoms with Crippen LogP contribution in [0.1, 0.15) is 13.8 Å². The highest BCUT2D eigenvalue weighted by Crippen LogP contribution is 1.73. The molecule has 0 amide bonds. The zero-order chi connectivity index (χ0) is 8.41. The number of methoxy groups -OCH3 is 1. The van der Waals surface area contributed by atoms with Gasteiger partial charge in [-0.25, -0.2) is 4.79 Å². The number of rotatable bonds is 1. The zero-order valence-corrected chi connectivity index (χ0v) is 6.76. The van der Waals surface area contributed by atoms with E-state index in [2.05, 4.69) is 11.3 Å². The summed E-state index contributed by atoms with van der Waals surface area (Å²) in [6.45, 7) is 7.01. The Hall–Kier alpha value is -1.05. The molecule has 0 bridgehead atoms. The second-order valence-corrected chi connectivity index (χ2v) is 1.43. The number of carbonyl (C=O) groups excluding carboxylic acids is 1. The third-order valence-corrected chi connectivity index (χ3v) is 0.504. The van der Waals surface area contributed by atoms with E-state index in [1.165, 1.54) is 13.2 Å². The molecular weight excluding hydrogens is 128 g/mol. The monoisotopic (exact) mass is 142 g/mol. The molecule has 0 aliphatic rings. The van der Waals surface area contributed by atoms with Gasteiger partial charge in [0.2, 0.25) is 0 Å². The molecular formula is C8H14O2. The highest BCUT2D eigenvalue weighted by molar-refractivity contribution is 5.81. The van der Waals surface area contributed by atoms with Gasteiger partial charge in [0.25, 0.3) is 0 Å². The van der Waals surface area contributed by atoms with Crippen LogP contribution in [-0.2, 0) is 9.53 Å². The largest absolute Gasteiger partial charge is 0.466 e. The van der Waals surface area contributed by atoms with E-state index in [0.717, 1.165) is 0 Å². The third kappa shape index (κ3) is 15.8. The van der Waals surface area contributed by atoms with Gasteiger partial charge in [-0.15, -0.1) is 6.58 Å². The maximum Gasteiger partial charge on any atom is 0.330 e. The third-order valence-electron chi connectivity index (χ3n) is 0.504. The molecule has 0 saturated carbocycles. The average Bonchev–Trinajstić information content (AvgIpc) is 1.90. The van der Waals surface area contributed by atoms with E-state index in [-0.39, 0.29) is 5.97 Å². The van der Waals surface area contributed by atoms with Crippen molar-refractivity contribution in [3.8, 4) is 0 Å². The first kappa shape index (κ1) is 11.7. The quantitative estimate of drug-likeness (QED) is 0.317. The van der Waals surface area contributed by atoms with Gasteiger partial charge in [-0.1, -0.05) is 12.2 Å². The number of esters is 1. The van der Waals surface area contributed by atoms with Crippen LogP contribution in [0.25, 0.3) is 0 Å². The van der Waals surface area contributed by atoms with Crippen LogP contribution in [0.4, 0.5) is 0 Å². The van der Waals surface area contributed by atoms with Gasteiger partial charge in [-0.05, 0) is 13.8 Å². The van der Waals surface area contributed by atoms with E-state index in [4.69, 9.17) is 0 Å². The van der Waals surface area contributed by atoms with Crippen LogP contribution >= 0.6 is 0 Å². The summed E-state index contributed by atoms with van der Waals surface area (Å²) in [6.07, 6.45) is 4.74. The van der Waals surface area contributed by atoms with E-state index in [0.29, 0.717) is 0 Å². The maximum atomic E-state index is 10.1. The van der Waals surface area contributed by atoms with Crippen LogP contribution < -0.4 is 0 Å². The Balaban J connectivity index is 0. The van der Waals surface area contributed by atoms with Gasteiger partial charge < -0.3 is 4.74 Å². The topological polar surface area (TPSA) is 26.3 Å². The summed E-state index contributed by atoms with van der Waals surface area (Å²) in [7, 11) is 1.35.